The molecule has 0 bridgehead atoms. The number of fused-ring (bicyclic) bond motifs is 1. The molecule has 0 fully saturated rings. The molecule has 0 radical (unpaired) electrons. The highest BCUT2D eigenvalue weighted by Crippen LogP contribution is 2.31. The number of nitrogens with zero attached hydrogens (tertiary/aromatic N) is 4. The number of carbonyl (C=O) groups is 2. The predicted octanol–water partition coefficient (Wildman–Crippen LogP) is 2.16. The number of benzene rings is 1. The van der Waals surface area contributed by atoms with Crippen LogP contribution < -0.4 is 10.6 Å². The number of anilines is 1. The first kappa shape index (κ1) is 20.4. The Morgan fingerprint density at radius 1 is 1.14 bits per heavy atom. The lowest BCUT2D eigenvalue weighted by Crippen LogP contribution is -2.37. The first-order chi connectivity index (χ1) is 13.6. The summed E-state index contributed by atoms with van der Waals surface area (Å²) < 4.78 is 41.5. The molecule has 8 nitrogen and oxygen atoms in total. The molecule has 3 rings (SSSR count). The molecule has 3 aromatic rings. The van der Waals surface area contributed by atoms with Crippen molar-refractivity contribution in [3.05, 3.63) is 41.5 Å². The van der Waals surface area contributed by atoms with Crippen LogP contribution in [-0.4, -0.2) is 37.7 Å². The van der Waals surface area contributed by atoms with Crippen molar-refractivity contribution in [1.29, 1.82) is 0 Å². The zero-order valence-corrected chi connectivity index (χ0v) is 16.0. The number of amides is 2. The molecular weight excluding hydrogens is 389 g/mol. The minimum Gasteiger partial charge on any atom is -0.346 e. The normalized spacial score (nSPS) is 11.7. The second-order valence-electron chi connectivity index (χ2n) is 6.56. The van der Waals surface area contributed by atoms with E-state index in [1.807, 2.05) is 19.9 Å². The largest absolute Gasteiger partial charge is 0.449 e. The van der Waals surface area contributed by atoms with Gasteiger partial charge in [-0.2, -0.15) is 18.3 Å². The summed E-state index contributed by atoms with van der Waals surface area (Å²) in [5.74, 6) is -2.83. The van der Waals surface area contributed by atoms with Crippen LogP contribution in [0.4, 0.5) is 18.9 Å². The topological polar surface area (TPSA) is 93.8 Å². The first-order valence-corrected chi connectivity index (χ1v) is 8.70. The highest BCUT2D eigenvalue weighted by atomic mass is 19.4. The lowest BCUT2D eigenvalue weighted by atomic mass is 10.2. The van der Waals surface area contributed by atoms with Crippen LogP contribution >= 0.6 is 0 Å². The van der Waals surface area contributed by atoms with E-state index >= 15 is 0 Å². The van der Waals surface area contributed by atoms with E-state index in [-0.39, 0.29) is 23.3 Å². The third-order valence-corrected chi connectivity index (χ3v) is 4.31. The number of halogens is 3. The quantitative estimate of drug-likeness (QED) is 0.647. The van der Waals surface area contributed by atoms with Gasteiger partial charge in [0, 0.05) is 25.0 Å². The van der Waals surface area contributed by atoms with Crippen molar-refractivity contribution in [3.8, 4) is 0 Å². The highest BCUT2D eigenvalue weighted by molar-refractivity contribution is 6.39. The van der Waals surface area contributed by atoms with Crippen molar-refractivity contribution in [1.82, 2.24) is 24.6 Å². The molecule has 0 saturated heterocycles. The maximum absolute atomic E-state index is 13.0. The van der Waals surface area contributed by atoms with Gasteiger partial charge in [-0.05, 0) is 38.1 Å². The molecule has 2 N–H and O–H groups in total. The second-order valence-corrected chi connectivity index (χ2v) is 6.56. The molecule has 2 amide bonds. The zero-order chi connectivity index (χ0) is 21.3. The third-order valence-electron chi connectivity index (χ3n) is 4.31. The van der Waals surface area contributed by atoms with Crippen molar-refractivity contribution >= 4 is 28.5 Å². The maximum atomic E-state index is 13.0. The van der Waals surface area contributed by atoms with Gasteiger partial charge in [0.15, 0.2) is 0 Å². The minimum absolute atomic E-state index is 0.0579. The number of imidazole rings is 1. The molecule has 29 heavy (non-hydrogen) atoms. The average Bonchev–Trinajstić information content (AvgIpc) is 3.13. The van der Waals surface area contributed by atoms with Crippen LogP contribution in [0.1, 0.15) is 17.2 Å². The lowest BCUT2D eigenvalue weighted by molar-refractivity contribution is -0.146. The Bertz CT molecular complexity index is 1080. The molecule has 2 heterocycles. The summed E-state index contributed by atoms with van der Waals surface area (Å²) in [6, 6.07) is 5.98. The monoisotopic (exact) mass is 408 g/mol. The van der Waals surface area contributed by atoms with Crippen molar-refractivity contribution in [2.45, 2.75) is 26.6 Å². The Morgan fingerprint density at radius 2 is 1.86 bits per heavy atom. The Kier molecular flexibility index (Phi) is 5.31. The fraction of sp³-hybridized carbons (Fsp3) is 0.333. The van der Waals surface area contributed by atoms with Gasteiger partial charge in [0.1, 0.15) is 0 Å². The summed E-state index contributed by atoms with van der Waals surface area (Å²) in [7, 11) is 1.26. The number of hydrogen-bond acceptors (Lipinski definition) is 4. The van der Waals surface area contributed by atoms with E-state index in [1.165, 1.54) is 25.2 Å². The second kappa shape index (κ2) is 7.57. The van der Waals surface area contributed by atoms with E-state index in [0.717, 1.165) is 16.0 Å². The molecule has 0 aliphatic rings. The zero-order valence-electron chi connectivity index (χ0n) is 16.0. The highest BCUT2D eigenvalue weighted by Gasteiger charge is 2.36. The average molecular weight is 408 g/mol. The number of hydrogen-bond donors (Lipinski definition) is 2. The molecule has 11 heteroatoms. The molecule has 2 aromatic heterocycles. The number of aromatic nitrogens is 4. The molecule has 1 aromatic carbocycles. The Labute approximate surface area is 163 Å². The van der Waals surface area contributed by atoms with E-state index in [9.17, 15) is 22.8 Å². The van der Waals surface area contributed by atoms with Crippen molar-refractivity contribution < 1.29 is 22.8 Å². The fourth-order valence-corrected chi connectivity index (χ4v) is 2.98. The molecule has 0 aliphatic carbocycles. The van der Waals surface area contributed by atoms with Gasteiger partial charge >= 0.3 is 18.0 Å². The van der Waals surface area contributed by atoms with Crippen LogP contribution in [-0.2, 0) is 29.4 Å². The minimum atomic E-state index is -4.59. The van der Waals surface area contributed by atoms with Gasteiger partial charge in [0.2, 0.25) is 5.82 Å². The van der Waals surface area contributed by atoms with Crippen molar-refractivity contribution in [2.75, 3.05) is 11.9 Å². The van der Waals surface area contributed by atoms with Crippen LogP contribution in [0.5, 0.6) is 0 Å². The van der Waals surface area contributed by atoms with Gasteiger partial charge in [0.05, 0.1) is 23.3 Å². The molecule has 0 spiro atoms. The summed E-state index contributed by atoms with van der Waals surface area (Å²) >= 11 is 0. The summed E-state index contributed by atoms with van der Waals surface area (Å²) in [5.41, 5.74) is 2.27. The number of rotatable bonds is 4. The van der Waals surface area contributed by atoms with Crippen LogP contribution in [0, 0.1) is 13.8 Å². The fourth-order valence-electron chi connectivity index (χ4n) is 2.98. The summed E-state index contributed by atoms with van der Waals surface area (Å²) in [4.78, 5) is 27.6. The molecule has 0 saturated carbocycles. The number of nitrogens with one attached hydrogen (secondary N) is 2. The third kappa shape index (κ3) is 4.39. The first-order valence-electron chi connectivity index (χ1n) is 8.70. The standard InChI is InChI=1S/C18H19F3N6O2/c1-10-8-11(2)27(25-10)7-6-22-15(28)16(29)23-12-4-5-14-13(9-12)24-17(26(14)3)18(19,20)21/h4-5,8-9H,6-7H2,1-3H3,(H,22,28)(H,23,29). The number of alkyl halides is 3. The van der Waals surface area contributed by atoms with E-state index in [0.29, 0.717) is 6.54 Å². The number of aryl methyl sites for hydroxylation is 3. The van der Waals surface area contributed by atoms with Gasteiger partial charge in [-0.15, -0.1) is 0 Å². The van der Waals surface area contributed by atoms with E-state index < -0.39 is 23.8 Å². The van der Waals surface area contributed by atoms with Gasteiger partial charge in [0.25, 0.3) is 0 Å². The van der Waals surface area contributed by atoms with Crippen LogP contribution in [0.15, 0.2) is 24.3 Å². The molecule has 0 atom stereocenters. The van der Waals surface area contributed by atoms with Crippen molar-refractivity contribution in [2.24, 2.45) is 7.05 Å². The van der Waals surface area contributed by atoms with Crippen molar-refractivity contribution in [3.63, 3.8) is 0 Å². The molecular formula is C18H19F3N6O2. The van der Waals surface area contributed by atoms with Crippen LogP contribution in [0.25, 0.3) is 11.0 Å². The van der Waals surface area contributed by atoms with Gasteiger partial charge in [-0.3, -0.25) is 14.3 Å². The Hall–Kier alpha value is -3.37. The smallest absolute Gasteiger partial charge is 0.346 e. The maximum Gasteiger partial charge on any atom is 0.449 e. The predicted molar refractivity (Wildman–Crippen MR) is 99.1 cm³/mol. The summed E-state index contributed by atoms with van der Waals surface area (Å²) in [5, 5.41) is 9.09. The summed E-state index contributed by atoms with van der Waals surface area (Å²) in [6.45, 7) is 4.33. The summed E-state index contributed by atoms with van der Waals surface area (Å²) in [6.07, 6.45) is -4.59. The Morgan fingerprint density at radius 3 is 2.48 bits per heavy atom. The number of carbonyl (C=O) groups excluding carboxylic acids is 2. The van der Waals surface area contributed by atoms with Crippen LogP contribution in [0.3, 0.4) is 0 Å². The molecule has 154 valence electrons. The lowest BCUT2D eigenvalue weighted by Gasteiger charge is -2.08. The Balaban J connectivity index is 1.62. The molecule has 0 aliphatic heterocycles. The van der Waals surface area contributed by atoms with Gasteiger partial charge in [-0.25, -0.2) is 4.98 Å². The van der Waals surface area contributed by atoms with Crippen LogP contribution in [0.2, 0.25) is 0 Å². The van der Waals surface area contributed by atoms with Gasteiger partial charge in [-0.1, -0.05) is 0 Å². The van der Waals surface area contributed by atoms with E-state index in [1.54, 1.807) is 4.68 Å². The SMILES string of the molecule is Cc1cc(C)n(CCNC(=O)C(=O)Nc2ccc3c(c2)nc(C(F)(F)F)n3C)n1. The van der Waals surface area contributed by atoms with Gasteiger partial charge < -0.3 is 15.2 Å². The van der Waals surface area contributed by atoms with E-state index in [4.69, 9.17) is 0 Å². The van der Waals surface area contributed by atoms with E-state index in [2.05, 4.69) is 20.7 Å². The molecule has 0 unspecified atom stereocenters.